The van der Waals surface area contributed by atoms with Crippen LogP contribution in [0.15, 0.2) is 53.4 Å². The quantitative estimate of drug-likeness (QED) is 0.643. The van der Waals surface area contributed by atoms with Crippen LogP contribution in [0.2, 0.25) is 0 Å². The average molecular weight is 373 g/mol. The summed E-state index contributed by atoms with van der Waals surface area (Å²) in [5.74, 6) is 0.196. The van der Waals surface area contributed by atoms with Gasteiger partial charge < -0.3 is 0 Å². The molecule has 128 valence electrons. The van der Waals surface area contributed by atoms with Crippen molar-refractivity contribution in [3.8, 4) is 0 Å². The summed E-state index contributed by atoms with van der Waals surface area (Å²) >= 11 is 3.12. The molecule has 0 spiro atoms. The fourth-order valence-electron chi connectivity index (χ4n) is 2.07. The van der Waals surface area contributed by atoms with Crippen LogP contribution in [0.5, 0.6) is 0 Å². The standard InChI is InChI=1S/C18H16FN3OS2/c1-12-2-8-15(9-3-12)24-11-10-16-21-22-18(25-16)20-17(23)13-4-6-14(19)7-5-13/h2-9H,10-11H2,1H3,(H,20,22,23). The Morgan fingerprint density at radius 1 is 1.12 bits per heavy atom. The Bertz CT molecular complexity index is 848. The maximum absolute atomic E-state index is 12.9. The van der Waals surface area contributed by atoms with Gasteiger partial charge in [-0.1, -0.05) is 29.0 Å². The number of anilines is 1. The molecule has 0 aliphatic carbocycles. The molecule has 0 fully saturated rings. The molecule has 0 saturated carbocycles. The molecule has 25 heavy (non-hydrogen) atoms. The lowest BCUT2D eigenvalue weighted by Crippen LogP contribution is -2.11. The van der Waals surface area contributed by atoms with Crippen LogP contribution >= 0.6 is 23.1 Å². The number of benzene rings is 2. The number of nitrogens with zero attached hydrogens (tertiary/aromatic N) is 2. The highest BCUT2D eigenvalue weighted by atomic mass is 32.2. The van der Waals surface area contributed by atoms with Gasteiger partial charge in [0, 0.05) is 22.6 Å². The molecule has 1 heterocycles. The van der Waals surface area contributed by atoms with E-state index >= 15 is 0 Å². The van der Waals surface area contributed by atoms with E-state index in [1.807, 2.05) is 0 Å². The second kappa shape index (κ2) is 8.22. The molecule has 2 aromatic carbocycles. The maximum Gasteiger partial charge on any atom is 0.257 e. The number of rotatable bonds is 6. The molecule has 0 aliphatic heterocycles. The van der Waals surface area contributed by atoms with Gasteiger partial charge in [0.15, 0.2) is 0 Å². The molecule has 4 nitrogen and oxygen atoms in total. The van der Waals surface area contributed by atoms with Crippen molar-refractivity contribution in [1.29, 1.82) is 0 Å². The molecule has 1 N–H and O–H groups in total. The van der Waals surface area contributed by atoms with Crippen molar-refractivity contribution >= 4 is 34.1 Å². The summed E-state index contributed by atoms with van der Waals surface area (Å²) in [4.78, 5) is 13.3. The number of nitrogens with one attached hydrogen (secondary N) is 1. The van der Waals surface area contributed by atoms with Gasteiger partial charge in [-0.2, -0.15) is 0 Å². The third kappa shape index (κ3) is 5.11. The summed E-state index contributed by atoms with van der Waals surface area (Å²) < 4.78 is 12.9. The van der Waals surface area contributed by atoms with Gasteiger partial charge in [0.05, 0.1) is 0 Å². The van der Waals surface area contributed by atoms with E-state index in [4.69, 9.17) is 0 Å². The molecular formula is C18H16FN3OS2. The van der Waals surface area contributed by atoms with E-state index in [0.29, 0.717) is 10.7 Å². The van der Waals surface area contributed by atoms with Crippen molar-refractivity contribution in [2.75, 3.05) is 11.1 Å². The molecule has 7 heteroatoms. The number of carbonyl (C=O) groups is 1. The molecule has 0 radical (unpaired) electrons. The molecule has 0 atom stereocenters. The van der Waals surface area contributed by atoms with Gasteiger partial charge in [0.2, 0.25) is 5.13 Å². The van der Waals surface area contributed by atoms with Crippen LogP contribution in [0, 0.1) is 12.7 Å². The van der Waals surface area contributed by atoms with Crippen LogP contribution in [0.3, 0.4) is 0 Å². The Morgan fingerprint density at radius 2 is 1.84 bits per heavy atom. The molecule has 3 rings (SSSR count). The molecular weight excluding hydrogens is 357 g/mol. The molecule has 0 aliphatic rings. The van der Waals surface area contributed by atoms with E-state index in [1.54, 1.807) is 11.8 Å². The fraction of sp³-hybridized carbons (Fsp3) is 0.167. The molecule has 0 unspecified atom stereocenters. The number of hydrogen-bond acceptors (Lipinski definition) is 5. The van der Waals surface area contributed by atoms with Gasteiger partial charge in [-0.15, -0.1) is 22.0 Å². The van der Waals surface area contributed by atoms with E-state index in [1.165, 1.54) is 46.1 Å². The maximum atomic E-state index is 12.9. The van der Waals surface area contributed by atoms with Gasteiger partial charge in [-0.3, -0.25) is 10.1 Å². The first-order valence-electron chi connectivity index (χ1n) is 7.69. The van der Waals surface area contributed by atoms with Gasteiger partial charge in [-0.05, 0) is 43.3 Å². The number of thioether (sulfide) groups is 1. The highest BCUT2D eigenvalue weighted by Gasteiger charge is 2.10. The highest BCUT2D eigenvalue weighted by Crippen LogP contribution is 2.22. The number of aryl methyl sites for hydroxylation is 2. The van der Waals surface area contributed by atoms with Crippen LogP contribution in [-0.4, -0.2) is 21.9 Å². The van der Waals surface area contributed by atoms with Crippen molar-refractivity contribution in [3.05, 3.63) is 70.5 Å². The fourth-order valence-corrected chi connectivity index (χ4v) is 3.79. The minimum Gasteiger partial charge on any atom is -0.296 e. The van der Waals surface area contributed by atoms with Gasteiger partial charge in [0.1, 0.15) is 10.8 Å². The second-order valence-electron chi connectivity index (χ2n) is 5.37. The summed E-state index contributed by atoms with van der Waals surface area (Å²) in [5, 5.41) is 12.1. The predicted octanol–water partition coefficient (Wildman–Crippen LogP) is 4.57. The summed E-state index contributed by atoms with van der Waals surface area (Å²) in [6.45, 7) is 2.07. The van der Waals surface area contributed by atoms with Crippen LogP contribution < -0.4 is 5.32 Å². The lowest BCUT2D eigenvalue weighted by Gasteiger charge is -2.01. The highest BCUT2D eigenvalue weighted by molar-refractivity contribution is 7.99. The third-order valence-corrected chi connectivity index (χ3v) is 5.31. The Balaban J connectivity index is 1.51. The van der Waals surface area contributed by atoms with Crippen LogP contribution in [-0.2, 0) is 6.42 Å². The topological polar surface area (TPSA) is 54.9 Å². The van der Waals surface area contributed by atoms with E-state index in [9.17, 15) is 9.18 Å². The lowest BCUT2D eigenvalue weighted by molar-refractivity contribution is 0.102. The Labute approximate surface area is 153 Å². The van der Waals surface area contributed by atoms with Gasteiger partial charge in [-0.25, -0.2) is 4.39 Å². The van der Waals surface area contributed by atoms with Crippen LogP contribution in [0.1, 0.15) is 20.9 Å². The predicted molar refractivity (Wildman–Crippen MR) is 99.9 cm³/mol. The molecule has 0 bridgehead atoms. The Morgan fingerprint density at radius 3 is 2.56 bits per heavy atom. The normalized spacial score (nSPS) is 10.6. The van der Waals surface area contributed by atoms with Crippen molar-refractivity contribution < 1.29 is 9.18 Å². The summed E-state index contributed by atoms with van der Waals surface area (Å²) in [7, 11) is 0. The Hall–Kier alpha value is -2.25. The SMILES string of the molecule is Cc1ccc(SCCc2nnc(NC(=O)c3ccc(F)cc3)s2)cc1. The van der Waals surface area contributed by atoms with Crippen LogP contribution in [0.4, 0.5) is 9.52 Å². The number of carbonyl (C=O) groups excluding carboxylic acids is 1. The first-order valence-corrected chi connectivity index (χ1v) is 9.49. The largest absolute Gasteiger partial charge is 0.296 e. The van der Waals surface area contributed by atoms with Crippen molar-refractivity contribution in [2.45, 2.75) is 18.2 Å². The first-order chi connectivity index (χ1) is 12.1. The van der Waals surface area contributed by atoms with E-state index in [2.05, 4.69) is 46.7 Å². The smallest absolute Gasteiger partial charge is 0.257 e. The summed E-state index contributed by atoms with van der Waals surface area (Å²) in [6.07, 6.45) is 0.780. The van der Waals surface area contributed by atoms with Gasteiger partial charge in [0.25, 0.3) is 5.91 Å². The summed E-state index contributed by atoms with van der Waals surface area (Å²) in [5.41, 5.74) is 1.63. The van der Waals surface area contributed by atoms with E-state index in [0.717, 1.165) is 17.2 Å². The zero-order valence-corrected chi connectivity index (χ0v) is 15.2. The number of amides is 1. The number of hydrogen-bond donors (Lipinski definition) is 1. The van der Waals surface area contributed by atoms with E-state index < -0.39 is 0 Å². The zero-order valence-electron chi connectivity index (χ0n) is 13.5. The monoisotopic (exact) mass is 373 g/mol. The zero-order chi connectivity index (χ0) is 17.6. The van der Waals surface area contributed by atoms with Crippen molar-refractivity contribution in [2.24, 2.45) is 0 Å². The first kappa shape index (κ1) is 17.6. The van der Waals surface area contributed by atoms with Crippen LogP contribution in [0.25, 0.3) is 0 Å². The molecule has 3 aromatic rings. The van der Waals surface area contributed by atoms with Gasteiger partial charge >= 0.3 is 0 Å². The lowest BCUT2D eigenvalue weighted by atomic mass is 10.2. The molecule has 1 aromatic heterocycles. The molecule has 1 amide bonds. The average Bonchev–Trinajstić information content (AvgIpc) is 3.04. The minimum absolute atomic E-state index is 0.322. The second-order valence-corrected chi connectivity index (χ2v) is 7.60. The third-order valence-electron chi connectivity index (χ3n) is 3.40. The Kier molecular flexibility index (Phi) is 5.78. The number of aromatic nitrogens is 2. The number of halogens is 1. The minimum atomic E-state index is -0.374. The van der Waals surface area contributed by atoms with Crippen molar-refractivity contribution in [1.82, 2.24) is 10.2 Å². The summed E-state index contributed by atoms with van der Waals surface area (Å²) in [6, 6.07) is 13.8. The van der Waals surface area contributed by atoms with Crippen molar-refractivity contribution in [3.63, 3.8) is 0 Å². The molecule has 0 saturated heterocycles. The van der Waals surface area contributed by atoms with E-state index in [-0.39, 0.29) is 11.7 Å².